The second-order valence-electron chi connectivity index (χ2n) is 3.55. The molecule has 0 radical (unpaired) electrons. The molecule has 1 heterocycles. The minimum atomic E-state index is -3.78. The minimum Gasteiger partial charge on any atom is -0.469 e. The van der Waals surface area contributed by atoms with Gasteiger partial charge in [0.25, 0.3) is 0 Å². The summed E-state index contributed by atoms with van der Waals surface area (Å²) < 4.78 is 36.0. The van der Waals surface area contributed by atoms with E-state index in [4.69, 9.17) is 4.42 Å². The van der Waals surface area contributed by atoms with Gasteiger partial charge in [0.2, 0.25) is 0 Å². The number of anilines is 1. The van der Waals surface area contributed by atoms with E-state index in [1.807, 2.05) is 0 Å². The van der Waals surface area contributed by atoms with Gasteiger partial charge in [-0.15, -0.1) is 0 Å². The third-order valence-electron chi connectivity index (χ3n) is 2.10. The first-order valence-electron chi connectivity index (χ1n) is 5.08. The van der Waals surface area contributed by atoms with Crippen LogP contribution < -0.4 is 4.72 Å². The summed E-state index contributed by atoms with van der Waals surface area (Å²) in [6.07, 6.45) is 1.30. The number of aryl methyl sites for hydroxylation is 1. The van der Waals surface area contributed by atoms with E-state index >= 15 is 0 Å². The van der Waals surface area contributed by atoms with Crippen molar-refractivity contribution in [2.24, 2.45) is 0 Å². The summed E-state index contributed by atoms with van der Waals surface area (Å²) in [6, 6.07) is -0.114. The molecule has 1 N–H and O–H groups in total. The first kappa shape index (κ1) is 14.5. The Balaban J connectivity index is 2.60. The zero-order chi connectivity index (χ0) is 13.8. The first-order chi connectivity index (χ1) is 8.35. The van der Waals surface area contributed by atoms with Crippen molar-refractivity contribution in [3.05, 3.63) is 12.0 Å². The number of methoxy groups -OCH3 is 1. The van der Waals surface area contributed by atoms with Crippen molar-refractivity contribution in [3.8, 4) is 0 Å². The number of hydrogen-bond acceptors (Lipinski definition) is 6. The van der Waals surface area contributed by atoms with Crippen LogP contribution in [0.2, 0.25) is 0 Å². The van der Waals surface area contributed by atoms with Crippen molar-refractivity contribution in [1.29, 1.82) is 0 Å². The Hall–Kier alpha value is -1.61. The van der Waals surface area contributed by atoms with E-state index in [0.717, 1.165) is 4.31 Å². The standard InChI is InChI=1S/C9H15N3O5S/c1-7-6-17-9(10-7)11-18(14,15)12(2)5-4-8(13)16-3/h6H,4-5H2,1-3H3,(H,10,11). The Morgan fingerprint density at radius 2 is 2.28 bits per heavy atom. The molecule has 0 fully saturated rings. The molecule has 0 bridgehead atoms. The fourth-order valence-electron chi connectivity index (χ4n) is 1.06. The molecule has 102 valence electrons. The monoisotopic (exact) mass is 277 g/mol. The van der Waals surface area contributed by atoms with Gasteiger partial charge in [-0.3, -0.25) is 4.79 Å². The number of nitrogens with zero attached hydrogens (tertiary/aromatic N) is 2. The van der Waals surface area contributed by atoms with Crippen LogP contribution in [0.3, 0.4) is 0 Å². The Kier molecular flexibility index (Phi) is 4.68. The Morgan fingerprint density at radius 3 is 2.78 bits per heavy atom. The number of aromatic nitrogens is 1. The highest BCUT2D eigenvalue weighted by Crippen LogP contribution is 2.10. The summed E-state index contributed by atoms with van der Waals surface area (Å²) in [5.41, 5.74) is 0.560. The van der Waals surface area contributed by atoms with Gasteiger partial charge in [0, 0.05) is 13.6 Å². The van der Waals surface area contributed by atoms with Crippen LogP contribution >= 0.6 is 0 Å². The summed E-state index contributed by atoms with van der Waals surface area (Å²) in [5.74, 6) is -0.482. The highest BCUT2D eigenvalue weighted by molar-refractivity contribution is 7.90. The predicted octanol–water partition coefficient (Wildman–Crippen LogP) is 0.135. The lowest BCUT2D eigenvalue weighted by molar-refractivity contribution is -0.140. The maximum atomic E-state index is 11.8. The number of carbonyl (C=O) groups is 1. The van der Waals surface area contributed by atoms with Crippen LogP contribution in [0.5, 0.6) is 0 Å². The average Bonchev–Trinajstić information content (AvgIpc) is 2.70. The highest BCUT2D eigenvalue weighted by atomic mass is 32.2. The molecule has 0 aromatic carbocycles. The second-order valence-corrected chi connectivity index (χ2v) is 5.33. The molecular weight excluding hydrogens is 262 g/mol. The lowest BCUT2D eigenvalue weighted by atomic mass is 10.4. The molecule has 0 unspecified atom stereocenters. The Bertz CT molecular complexity index is 510. The van der Waals surface area contributed by atoms with Gasteiger partial charge in [0.05, 0.1) is 19.2 Å². The van der Waals surface area contributed by atoms with Gasteiger partial charge >= 0.3 is 22.2 Å². The Labute approximate surface area is 105 Å². The molecule has 0 aliphatic carbocycles. The van der Waals surface area contributed by atoms with E-state index in [2.05, 4.69) is 14.4 Å². The lowest BCUT2D eigenvalue weighted by Crippen LogP contribution is -2.34. The summed E-state index contributed by atoms with van der Waals surface area (Å²) in [6.45, 7) is 1.67. The van der Waals surface area contributed by atoms with Crippen molar-refractivity contribution in [1.82, 2.24) is 9.29 Å². The smallest absolute Gasteiger partial charge is 0.309 e. The van der Waals surface area contributed by atoms with E-state index in [9.17, 15) is 13.2 Å². The molecule has 1 rings (SSSR count). The third-order valence-corrected chi connectivity index (χ3v) is 3.54. The molecule has 0 saturated carbocycles. The van der Waals surface area contributed by atoms with E-state index in [1.165, 1.54) is 20.4 Å². The van der Waals surface area contributed by atoms with Gasteiger partial charge < -0.3 is 9.15 Å². The maximum absolute atomic E-state index is 11.8. The summed E-state index contributed by atoms with van der Waals surface area (Å²) in [5, 5.41) is 0. The van der Waals surface area contributed by atoms with Gasteiger partial charge in [0.15, 0.2) is 0 Å². The molecule has 8 nitrogen and oxygen atoms in total. The molecule has 0 aliphatic rings. The normalized spacial score (nSPS) is 11.6. The van der Waals surface area contributed by atoms with Crippen LogP contribution in [0.15, 0.2) is 10.7 Å². The van der Waals surface area contributed by atoms with Gasteiger partial charge in [-0.05, 0) is 6.92 Å². The van der Waals surface area contributed by atoms with Crippen LogP contribution in [0.1, 0.15) is 12.1 Å². The minimum absolute atomic E-state index is 0.00168. The van der Waals surface area contributed by atoms with Crippen molar-refractivity contribution in [2.45, 2.75) is 13.3 Å². The molecule has 0 spiro atoms. The Morgan fingerprint density at radius 1 is 1.61 bits per heavy atom. The lowest BCUT2D eigenvalue weighted by Gasteiger charge is -2.15. The number of hydrogen-bond donors (Lipinski definition) is 1. The fraction of sp³-hybridized carbons (Fsp3) is 0.556. The number of ether oxygens (including phenoxy) is 1. The molecule has 0 amide bonds. The van der Waals surface area contributed by atoms with E-state index < -0.39 is 16.2 Å². The topological polar surface area (TPSA) is 102 Å². The summed E-state index contributed by atoms with van der Waals surface area (Å²) in [7, 11) is -1.21. The average molecular weight is 277 g/mol. The zero-order valence-corrected chi connectivity index (χ0v) is 11.2. The molecule has 0 saturated heterocycles. The van der Waals surface area contributed by atoms with Crippen LogP contribution in [0.4, 0.5) is 6.01 Å². The van der Waals surface area contributed by atoms with Gasteiger partial charge in [-0.2, -0.15) is 17.7 Å². The summed E-state index contributed by atoms with van der Waals surface area (Å²) >= 11 is 0. The molecule has 0 atom stereocenters. The van der Waals surface area contributed by atoms with Gasteiger partial charge in [-0.25, -0.2) is 4.72 Å². The number of nitrogens with one attached hydrogen (secondary N) is 1. The number of carbonyl (C=O) groups excluding carboxylic acids is 1. The van der Waals surface area contributed by atoms with Gasteiger partial charge in [0.1, 0.15) is 6.26 Å². The SMILES string of the molecule is COC(=O)CCN(C)S(=O)(=O)Nc1nc(C)co1. The second kappa shape index (κ2) is 5.83. The molecule has 18 heavy (non-hydrogen) atoms. The number of oxazole rings is 1. The molecular formula is C9H15N3O5S. The largest absolute Gasteiger partial charge is 0.469 e. The van der Waals surface area contributed by atoms with Crippen LogP contribution in [-0.4, -0.2) is 44.4 Å². The summed E-state index contributed by atoms with van der Waals surface area (Å²) in [4.78, 5) is 14.7. The van der Waals surface area contributed by atoms with Crippen molar-refractivity contribution < 1.29 is 22.4 Å². The zero-order valence-electron chi connectivity index (χ0n) is 10.3. The molecule has 9 heteroatoms. The van der Waals surface area contributed by atoms with Crippen LogP contribution in [0, 0.1) is 6.92 Å². The van der Waals surface area contributed by atoms with Crippen molar-refractivity contribution in [3.63, 3.8) is 0 Å². The van der Waals surface area contributed by atoms with Crippen molar-refractivity contribution >= 4 is 22.2 Å². The van der Waals surface area contributed by atoms with Crippen molar-refractivity contribution in [2.75, 3.05) is 25.4 Å². The first-order valence-corrected chi connectivity index (χ1v) is 6.52. The van der Waals surface area contributed by atoms with Crippen LogP contribution in [-0.2, 0) is 19.7 Å². The molecule has 0 aliphatic heterocycles. The molecule has 1 aromatic heterocycles. The predicted molar refractivity (Wildman–Crippen MR) is 63.0 cm³/mol. The van der Waals surface area contributed by atoms with E-state index in [-0.39, 0.29) is 19.0 Å². The number of esters is 1. The number of rotatable bonds is 6. The van der Waals surface area contributed by atoms with E-state index in [1.54, 1.807) is 6.92 Å². The van der Waals surface area contributed by atoms with E-state index in [0.29, 0.717) is 5.69 Å². The fourth-order valence-corrected chi connectivity index (χ4v) is 1.86. The molecule has 1 aromatic rings. The van der Waals surface area contributed by atoms with Gasteiger partial charge in [-0.1, -0.05) is 0 Å². The quantitative estimate of drug-likeness (QED) is 0.742. The highest BCUT2D eigenvalue weighted by Gasteiger charge is 2.20. The maximum Gasteiger partial charge on any atom is 0.309 e. The van der Waals surface area contributed by atoms with Crippen LogP contribution in [0.25, 0.3) is 0 Å². The third kappa shape index (κ3) is 4.00.